The number of fused-ring (bicyclic) bond motifs is 1. The van der Waals surface area contributed by atoms with E-state index >= 15 is 0 Å². The molecule has 7 nitrogen and oxygen atoms in total. The van der Waals surface area contributed by atoms with E-state index in [2.05, 4.69) is 0 Å². The fourth-order valence-corrected chi connectivity index (χ4v) is 5.90. The van der Waals surface area contributed by atoms with Gasteiger partial charge in [0.25, 0.3) is 17.3 Å². The molecule has 4 rings (SSSR count). The van der Waals surface area contributed by atoms with Crippen molar-refractivity contribution in [3.05, 3.63) is 107 Å². The Morgan fingerprint density at radius 2 is 1.22 bits per heavy atom. The van der Waals surface area contributed by atoms with Crippen molar-refractivity contribution >= 4 is 24.9 Å². The van der Waals surface area contributed by atoms with Crippen molar-refractivity contribution in [1.82, 2.24) is 4.90 Å². The second kappa shape index (κ2) is 11.1. The summed E-state index contributed by atoms with van der Waals surface area (Å²) in [6.45, 7) is 3.15. The maximum atomic E-state index is 13.6. The summed E-state index contributed by atoms with van der Waals surface area (Å²) in [5.41, 5.74) is 2.46. The van der Waals surface area contributed by atoms with E-state index < -0.39 is 31.0 Å². The van der Waals surface area contributed by atoms with Gasteiger partial charge in [-0.05, 0) is 49.1 Å². The molecule has 1 aliphatic rings. The molecule has 0 aliphatic carbocycles. The molecule has 0 fully saturated rings. The molecule has 186 valence electrons. The molecule has 0 N–H and O–H groups in total. The highest BCUT2D eigenvalue weighted by Crippen LogP contribution is 2.51. The van der Waals surface area contributed by atoms with Crippen LogP contribution in [0.1, 0.15) is 51.3 Å². The number of imide groups is 1. The lowest BCUT2D eigenvalue weighted by molar-refractivity contribution is -0.117. The topological polar surface area (TPSA) is 90.0 Å². The molecule has 0 aromatic heterocycles. The highest BCUT2D eigenvalue weighted by molar-refractivity contribution is 7.72. The molecule has 0 unspecified atom stereocenters. The summed E-state index contributed by atoms with van der Waals surface area (Å²) >= 11 is 0. The lowest BCUT2D eigenvalue weighted by Crippen LogP contribution is -2.46. The molecule has 1 atom stereocenters. The SMILES string of the molecule is CCOP(=O)(OCC)C(=O)[C@H](Cc1ccc(Cc2ccccc2)cc1)N1C(=O)c2ccccc2C1=O. The van der Waals surface area contributed by atoms with Crippen LogP contribution in [-0.2, 0) is 31.2 Å². The summed E-state index contributed by atoms with van der Waals surface area (Å²) in [5, 5.41) is 0. The van der Waals surface area contributed by atoms with E-state index in [1.807, 2.05) is 54.6 Å². The number of carbonyl (C=O) groups excluding carboxylic acids is 3. The number of nitrogens with zero attached hydrogens (tertiary/aromatic N) is 1. The number of carbonyl (C=O) groups is 3. The van der Waals surface area contributed by atoms with Gasteiger partial charge in [0.1, 0.15) is 6.04 Å². The Hall–Kier alpha value is -3.38. The number of hydrogen-bond acceptors (Lipinski definition) is 6. The lowest BCUT2D eigenvalue weighted by atomic mass is 10.0. The van der Waals surface area contributed by atoms with Gasteiger partial charge in [0.15, 0.2) is 0 Å². The van der Waals surface area contributed by atoms with Crippen LogP contribution in [-0.4, -0.2) is 41.5 Å². The van der Waals surface area contributed by atoms with Gasteiger partial charge in [-0.1, -0.05) is 66.7 Å². The Balaban J connectivity index is 1.66. The Morgan fingerprint density at radius 1 is 0.750 bits per heavy atom. The van der Waals surface area contributed by atoms with Gasteiger partial charge >= 0.3 is 7.60 Å². The van der Waals surface area contributed by atoms with E-state index in [-0.39, 0.29) is 30.8 Å². The molecular formula is C28H28NO6P. The molecule has 0 saturated heterocycles. The Bertz CT molecular complexity index is 1260. The van der Waals surface area contributed by atoms with Crippen LogP contribution < -0.4 is 0 Å². The summed E-state index contributed by atoms with van der Waals surface area (Å²) in [5.74, 6) is -1.21. The zero-order chi connectivity index (χ0) is 25.7. The smallest absolute Gasteiger partial charge is 0.303 e. The Kier molecular flexibility index (Phi) is 7.94. The summed E-state index contributed by atoms with van der Waals surface area (Å²) in [6, 6.07) is 22.7. The van der Waals surface area contributed by atoms with E-state index in [4.69, 9.17) is 9.05 Å². The van der Waals surface area contributed by atoms with Crippen LogP contribution in [0.5, 0.6) is 0 Å². The van der Waals surface area contributed by atoms with Gasteiger partial charge in [-0.15, -0.1) is 0 Å². The molecule has 0 spiro atoms. The molecule has 3 aromatic rings. The minimum Gasteiger partial charge on any atom is -0.303 e. The van der Waals surface area contributed by atoms with E-state index in [9.17, 15) is 18.9 Å². The number of hydrogen-bond donors (Lipinski definition) is 0. The third kappa shape index (κ3) is 5.24. The summed E-state index contributed by atoms with van der Waals surface area (Å²) in [6.07, 6.45) is 0.728. The van der Waals surface area contributed by atoms with Gasteiger partial charge in [-0.2, -0.15) is 0 Å². The van der Waals surface area contributed by atoms with Crippen molar-refractivity contribution in [2.45, 2.75) is 32.7 Å². The Labute approximate surface area is 210 Å². The Morgan fingerprint density at radius 3 is 1.75 bits per heavy atom. The largest absolute Gasteiger partial charge is 0.398 e. The zero-order valence-corrected chi connectivity index (χ0v) is 21.1. The summed E-state index contributed by atoms with van der Waals surface area (Å²) in [7, 11) is -4.24. The molecular weight excluding hydrogens is 477 g/mol. The van der Waals surface area contributed by atoms with Crippen molar-refractivity contribution in [3.63, 3.8) is 0 Å². The maximum absolute atomic E-state index is 13.6. The predicted molar refractivity (Wildman–Crippen MR) is 136 cm³/mol. The van der Waals surface area contributed by atoms with Crippen LogP contribution in [0.15, 0.2) is 78.9 Å². The highest BCUT2D eigenvalue weighted by Gasteiger charge is 2.49. The first-order chi connectivity index (χ1) is 17.4. The van der Waals surface area contributed by atoms with Crippen LogP contribution >= 0.6 is 7.60 Å². The van der Waals surface area contributed by atoms with Gasteiger partial charge in [0, 0.05) is 6.42 Å². The summed E-state index contributed by atoms with van der Waals surface area (Å²) in [4.78, 5) is 41.0. The average molecular weight is 506 g/mol. The standard InChI is InChI=1S/C28H28NO6P/c1-3-34-36(33,35-4-2)28(32)25(29-26(30)23-12-8-9-13-24(23)27(29)31)19-22-16-14-21(15-17-22)18-20-10-6-5-7-11-20/h5-17,25H,3-4,18-19H2,1-2H3/t25-/m0/s1. The van der Waals surface area contributed by atoms with Crippen LogP contribution in [0.2, 0.25) is 0 Å². The number of amides is 2. The second-order valence-electron chi connectivity index (χ2n) is 8.40. The third-order valence-electron chi connectivity index (χ3n) is 5.99. The number of rotatable bonds is 11. The molecule has 0 radical (unpaired) electrons. The van der Waals surface area contributed by atoms with Crippen molar-refractivity contribution in [3.8, 4) is 0 Å². The average Bonchev–Trinajstić information content (AvgIpc) is 3.14. The van der Waals surface area contributed by atoms with Gasteiger partial charge in [0.2, 0.25) is 0 Å². The van der Waals surface area contributed by atoms with Crippen molar-refractivity contribution in [2.24, 2.45) is 0 Å². The van der Waals surface area contributed by atoms with Crippen molar-refractivity contribution in [1.29, 1.82) is 0 Å². The van der Waals surface area contributed by atoms with Crippen LogP contribution in [0, 0.1) is 0 Å². The van der Waals surface area contributed by atoms with Gasteiger partial charge in [-0.3, -0.25) is 23.8 Å². The quantitative estimate of drug-likeness (QED) is 0.260. The fourth-order valence-electron chi connectivity index (χ4n) is 4.31. The normalized spacial score (nSPS) is 14.1. The van der Waals surface area contributed by atoms with Crippen LogP contribution in [0.3, 0.4) is 0 Å². The minimum atomic E-state index is -4.24. The third-order valence-corrected chi connectivity index (χ3v) is 8.03. The minimum absolute atomic E-state index is 0.0138. The molecule has 0 saturated carbocycles. The van der Waals surface area contributed by atoms with Crippen LogP contribution in [0.4, 0.5) is 0 Å². The lowest BCUT2D eigenvalue weighted by Gasteiger charge is -2.28. The first kappa shape index (κ1) is 25.7. The first-order valence-corrected chi connectivity index (χ1v) is 13.4. The molecule has 36 heavy (non-hydrogen) atoms. The molecule has 3 aromatic carbocycles. The van der Waals surface area contributed by atoms with E-state index in [0.717, 1.165) is 16.9 Å². The molecule has 1 heterocycles. The number of benzene rings is 3. The van der Waals surface area contributed by atoms with E-state index in [0.29, 0.717) is 5.56 Å². The highest BCUT2D eigenvalue weighted by atomic mass is 31.2. The molecule has 8 heteroatoms. The maximum Gasteiger partial charge on any atom is 0.398 e. The molecule has 2 amide bonds. The van der Waals surface area contributed by atoms with Crippen molar-refractivity contribution < 1.29 is 28.0 Å². The predicted octanol–water partition coefficient (Wildman–Crippen LogP) is 5.28. The molecule has 1 aliphatic heterocycles. The molecule has 0 bridgehead atoms. The monoisotopic (exact) mass is 505 g/mol. The van der Waals surface area contributed by atoms with Gasteiger partial charge < -0.3 is 9.05 Å². The van der Waals surface area contributed by atoms with E-state index in [1.165, 1.54) is 5.56 Å². The van der Waals surface area contributed by atoms with Crippen molar-refractivity contribution in [2.75, 3.05) is 13.2 Å². The van der Waals surface area contributed by atoms with Gasteiger partial charge in [0.05, 0.1) is 24.3 Å². The fraction of sp³-hybridized carbons (Fsp3) is 0.250. The zero-order valence-electron chi connectivity index (χ0n) is 20.3. The van der Waals surface area contributed by atoms with Gasteiger partial charge in [-0.25, -0.2) is 0 Å². The summed E-state index contributed by atoms with van der Waals surface area (Å²) < 4.78 is 24.0. The first-order valence-electron chi connectivity index (χ1n) is 11.9. The second-order valence-corrected chi connectivity index (χ2v) is 10.3. The van der Waals surface area contributed by atoms with E-state index in [1.54, 1.807) is 38.1 Å². The van der Waals surface area contributed by atoms with Crippen LogP contribution in [0.25, 0.3) is 0 Å².